The Labute approximate surface area is 153 Å². The number of nitrogens with two attached hydrogens (primary N) is 1. The third-order valence-corrected chi connectivity index (χ3v) is 5.48. The molecule has 1 saturated carbocycles. The number of benzene rings is 1. The molecule has 0 aromatic heterocycles. The van der Waals surface area contributed by atoms with E-state index < -0.39 is 0 Å². The van der Waals surface area contributed by atoms with Gasteiger partial charge in [0, 0.05) is 31.4 Å². The van der Waals surface area contributed by atoms with Crippen LogP contribution in [0.2, 0.25) is 5.02 Å². The van der Waals surface area contributed by atoms with Crippen molar-refractivity contribution < 1.29 is 9.59 Å². The summed E-state index contributed by atoms with van der Waals surface area (Å²) in [4.78, 5) is 26.2. The van der Waals surface area contributed by atoms with E-state index in [4.69, 9.17) is 17.3 Å². The van der Waals surface area contributed by atoms with Crippen molar-refractivity contribution in [3.05, 3.63) is 28.8 Å². The average molecular weight is 365 g/mol. The second-order valence-corrected chi connectivity index (χ2v) is 7.17. The lowest BCUT2D eigenvalue weighted by Crippen LogP contribution is -2.46. The predicted octanol–water partition coefficient (Wildman–Crippen LogP) is 2.51. The number of anilines is 1. The lowest BCUT2D eigenvalue weighted by Gasteiger charge is -2.30. The molecule has 25 heavy (non-hydrogen) atoms. The fourth-order valence-electron chi connectivity index (χ4n) is 3.73. The first-order valence-electron chi connectivity index (χ1n) is 8.96. The van der Waals surface area contributed by atoms with Crippen molar-refractivity contribution in [2.45, 2.75) is 38.1 Å². The summed E-state index contributed by atoms with van der Waals surface area (Å²) < 4.78 is 0. The highest BCUT2D eigenvalue weighted by Crippen LogP contribution is 2.28. The van der Waals surface area contributed by atoms with E-state index in [-0.39, 0.29) is 18.0 Å². The van der Waals surface area contributed by atoms with Crippen molar-refractivity contribution in [1.82, 2.24) is 10.6 Å². The van der Waals surface area contributed by atoms with Crippen LogP contribution in [-0.4, -0.2) is 37.6 Å². The molecule has 7 heteroatoms. The molecular formula is C18H25ClN4O2. The van der Waals surface area contributed by atoms with Gasteiger partial charge in [-0.25, -0.2) is 4.79 Å². The Morgan fingerprint density at radius 3 is 2.76 bits per heavy atom. The largest absolute Gasteiger partial charge is 0.348 e. The molecule has 1 saturated heterocycles. The summed E-state index contributed by atoms with van der Waals surface area (Å²) in [5, 5.41) is 6.18. The molecule has 1 aliphatic carbocycles. The van der Waals surface area contributed by atoms with Crippen molar-refractivity contribution in [2.24, 2.45) is 11.7 Å². The van der Waals surface area contributed by atoms with Crippen LogP contribution in [0.5, 0.6) is 0 Å². The lowest BCUT2D eigenvalue weighted by atomic mass is 9.84. The lowest BCUT2D eigenvalue weighted by molar-refractivity contribution is 0.0915. The second-order valence-electron chi connectivity index (χ2n) is 6.76. The minimum absolute atomic E-state index is 0.0393. The van der Waals surface area contributed by atoms with Gasteiger partial charge in [0.25, 0.3) is 5.91 Å². The molecule has 1 aliphatic heterocycles. The maximum Gasteiger partial charge on any atom is 0.321 e. The molecular weight excluding hydrogens is 340 g/mol. The summed E-state index contributed by atoms with van der Waals surface area (Å²) in [5.74, 6) is 0.196. The quantitative estimate of drug-likeness (QED) is 0.750. The van der Waals surface area contributed by atoms with Crippen LogP contribution in [0.3, 0.4) is 0 Å². The summed E-state index contributed by atoms with van der Waals surface area (Å²) in [6.07, 6.45) is 5.84. The maximum atomic E-state index is 12.8. The predicted molar refractivity (Wildman–Crippen MR) is 99.1 cm³/mol. The molecule has 2 fully saturated rings. The Balaban J connectivity index is 1.75. The van der Waals surface area contributed by atoms with Crippen molar-refractivity contribution >= 4 is 29.2 Å². The molecule has 1 unspecified atom stereocenters. The van der Waals surface area contributed by atoms with Gasteiger partial charge in [-0.1, -0.05) is 30.9 Å². The number of nitrogens with zero attached hydrogens (tertiary/aromatic N) is 1. The Kier molecular flexibility index (Phi) is 5.81. The second kappa shape index (κ2) is 8.06. The highest BCUT2D eigenvalue weighted by atomic mass is 35.5. The Morgan fingerprint density at radius 1 is 1.36 bits per heavy atom. The van der Waals surface area contributed by atoms with E-state index in [0.717, 1.165) is 12.8 Å². The zero-order chi connectivity index (χ0) is 17.8. The Bertz CT molecular complexity index is 646. The van der Waals surface area contributed by atoms with Gasteiger partial charge in [-0.2, -0.15) is 0 Å². The number of amides is 3. The Hall–Kier alpha value is -1.79. The summed E-state index contributed by atoms with van der Waals surface area (Å²) in [5.41, 5.74) is 6.96. The third-order valence-electron chi connectivity index (χ3n) is 5.15. The molecule has 0 bridgehead atoms. The molecule has 0 radical (unpaired) electrons. The van der Waals surface area contributed by atoms with Crippen LogP contribution in [0.25, 0.3) is 0 Å². The first kappa shape index (κ1) is 18.0. The van der Waals surface area contributed by atoms with E-state index in [1.165, 1.54) is 19.3 Å². The van der Waals surface area contributed by atoms with Crippen molar-refractivity contribution in [3.8, 4) is 0 Å². The zero-order valence-electron chi connectivity index (χ0n) is 14.3. The number of hydrogen-bond acceptors (Lipinski definition) is 3. The zero-order valence-corrected chi connectivity index (χ0v) is 15.0. The number of rotatable bonds is 5. The molecule has 3 amide bonds. The standard InChI is InChI=1S/C18H25ClN4O2/c19-15-7-6-13(23-9-8-21-18(23)25)10-14(15)17(24)22-16(11-20)12-4-2-1-3-5-12/h6-7,10,12,16H,1-5,8-9,11,20H2,(H,21,25)(H,22,24). The van der Waals surface area contributed by atoms with Gasteiger partial charge in [0.2, 0.25) is 0 Å². The van der Waals surface area contributed by atoms with Crippen molar-refractivity contribution in [1.29, 1.82) is 0 Å². The number of halogens is 1. The molecule has 1 atom stereocenters. The number of hydrogen-bond donors (Lipinski definition) is 3. The summed E-state index contributed by atoms with van der Waals surface area (Å²) in [6, 6.07) is 4.90. The van der Waals surface area contributed by atoms with Crippen LogP contribution in [0.1, 0.15) is 42.5 Å². The van der Waals surface area contributed by atoms with Crippen molar-refractivity contribution in [3.63, 3.8) is 0 Å². The molecule has 1 heterocycles. The topological polar surface area (TPSA) is 87.5 Å². The molecule has 2 aliphatic rings. The van der Waals surface area contributed by atoms with E-state index in [1.807, 2.05) is 0 Å². The number of urea groups is 1. The third kappa shape index (κ3) is 4.07. The number of carbonyl (C=O) groups is 2. The number of nitrogens with one attached hydrogen (secondary N) is 2. The van der Waals surface area contributed by atoms with Crippen LogP contribution in [-0.2, 0) is 0 Å². The molecule has 136 valence electrons. The summed E-state index contributed by atoms with van der Waals surface area (Å²) >= 11 is 6.24. The van der Waals surface area contributed by atoms with Gasteiger partial charge in [0.05, 0.1) is 10.6 Å². The average Bonchev–Trinajstić information content (AvgIpc) is 3.06. The van der Waals surface area contributed by atoms with E-state index in [2.05, 4.69) is 10.6 Å². The molecule has 4 N–H and O–H groups in total. The van der Waals surface area contributed by atoms with Gasteiger partial charge in [-0.15, -0.1) is 0 Å². The van der Waals surface area contributed by atoms with E-state index in [0.29, 0.717) is 41.8 Å². The van der Waals surface area contributed by atoms with E-state index in [9.17, 15) is 9.59 Å². The number of carbonyl (C=O) groups excluding carboxylic acids is 2. The van der Waals surface area contributed by atoms with Crippen LogP contribution in [0, 0.1) is 5.92 Å². The van der Waals surface area contributed by atoms with Crippen molar-refractivity contribution in [2.75, 3.05) is 24.5 Å². The van der Waals surface area contributed by atoms with Gasteiger partial charge in [0.1, 0.15) is 0 Å². The van der Waals surface area contributed by atoms with Gasteiger partial charge in [-0.05, 0) is 37.0 Å². The highest BCUT2D eigenvalue weighted by Gasteiger charge is 2.26. The first-order chi connectivity index (χ1) is 12.1. The fourth-order valence-corrected chi connectivity index (χ4v) is 3.93. The first-order valence-corrected chi connectivity index (χ1v) is 9.34. The van der Waals surface area contributed by atoms with Gasteiger partial charge >= 0.3 is 6.03 Å². The van der Waals surface area contributed by atoms with E-state index in [1.54, 1.807) is 23.1 Å². The smallest absolute Gasteiger partial charge is 0.321 e. The van der Waals surface area contributed by atoms with E-state index >= 15 is 0 Å². The van der Waals surface area contributed by atoms with Crippen LogP contribution < -0.4 is 21.3 Å². The SMILES string of the molecule is NCC(NC(=O)c1cc(N2CCNC2=O)ccc1Cl)C1CCCCC1. The minimum atomic E-state index is -0.229. The normalized spacial score (nSPS) is 19.6. The van der Waals surface area contributed by atoms with Crippen LogP contribution in [0.15, 0.2) is 18.2 Å². The Morgan fingerprint density at radius 2 is 2.12 bits per heavy atom. The molecule has 6 nitrogen and oxygen atoms in total. The highest BCUT2D eigenvalue weighted by molar-refractivity contribution is 6.34. The fraction of sp³-hybridized carbons (Fsp3) is 0.556. The van der Waals surface area contributed by atoms with Crippen LogP contribution in [0.4, 0.5) is 10.5 Å². The molecule has 1 aromatic carbocycles. The monoisotopic (exact) mass is 364 g/mol. The van der Waals surface area contributed by atoms with Crippen LogP contribution >= 0.6 is 11.6 Å². The summed E-state index contributed by atoms with van der Waals surface area (Å²) in [6.45, 7) is 1.59. The minimum Gasteiger partial charge on any atom is -0.348 e. The summed E-state index contributed by atoms with van der Waals surface area (Å²) in [7, 11) is 0. The molecule has 3 rings (SSSR count). The molecule has 0 spiro atoms. The maximum absolute atomic E-state index is 12.8. The van der Waals surface area contributed by atoms with Gasteiger partial charge in [0.15, 0.2) is 0 Å². The molecule has 1 aromatic rings. The van der Waals surface area contributed by atoms with Gasteiger partial charge in [-0.3, -0.25) is 9.69 Å². The van der Waals surface area contributed by atoms with Gasteiger partial charge < -0.3 is 16.4 Å².